The summed E-state index contributed by atoms with van der Waals surface area (Å²) in [4.78, 5) is 0. The molecule has 64 valence electrons. The molecule has 0 aliphatic rings. The van der Waals surface area contributed by atoms with Crippen LogP contribution in [0.4, 0.5) is 0 Å². The molecular weight excluding hydrogens is 134 g/mol. The molecule has 2 N–H and O–H groups in total. The van der Waals surface area contributed by atoms with Crippen LogP contribution in [0.25, 0.3) is 0 Å². The Morgan fingerprint density at radius 3 is 2.64 bits per heavy atom. The molecule has 1 atom stereocenters. The fraction of sp³-hybridized carbons (Fsp3) is 0.600. The summed E-state index contributed by atoms with van der Waals surface area (Å²) >= 11 is 0. The topological polar surface area (TPSA) is 26.0 Å². The van der Waals surface area contributed by atoms with Crippen molar-refractivity contribution in [2.24, 2.45) is 5.73 Å². The highest BCUT2D eigenvalue weighted by atomic mass is 14.6. The minimum Gasteiger partial charge on any atom is -0.324 e. The van der Waals surface area contributed by atoms with E-state index in [4.69, 9.17) is 5.73 Å². The zero-order valence-electron chi connectivity index (χ0n) is 7.59. The van der Waals surface area contributed by atoms with Crippen molar-refractivity contribution in [3.8, 4) is 0 Å². The molecule has 0 aliphatic carbocycles. The quantitative estimate of drug-likeness (QED) is 0.604. The fourth-order valence-corrected chi connectivity index (χ4v) is 0.917. The summed E-state index contributed by atoms with van der Waals surface area (Å²) in [7, 11) is 0. The molecule has 0 aromatic rings. The van der Waals surface area contributed by atoms with Crippen LogP contribution in [0.3, 0.4) is 0 Å². The average molecular weight is 153 g/mol. The van der Waals surface area contributed by atoms with Gasteiger partial charge in [0.15, 0.2) is 0 Å². The second kappa shape index (κ2) is 7.55. The Morgan fingerprint density at radius 2 is 2.09 bits per heavy atom. The number of allylic oxidation sites excluding steroid dienone is 3. The fourth-order valence-electron chi connectivity index (χ4n) is 0.917. The molecule has 0 spiro atoms. The summed E-state index contributed by atoms with van der Waals surface area (Å²) in [6, 6.07) is 0.238. The molecular formula is C10H19N. The number of nitrogens with two attached hydrogens (primary N) is 1. The highest BCUT2D eigenvalue weighted by molar-refractivity contribution is 4.91. The summed E-state index contributed by atoms with van der Waals surface area (Å²) in [6.07, 6.45) is 11.7. The SMILES string of the molecule is C/C=C\C(N)CC/C=C/CC. The molecule has 0 fully saturated rings. The van der Waals surface area contributed by atoms with E-state index in [0.717, 1.165) is 19.3 Å². The van der Waals surface area contributed by atoms with Crippen molar-refractivity contribution in [2.75, 3.05) is 0 Å². The van der Waals surface area contributed by atoms with Crippen molar-refractivity contribution in [1.82, 2.24) is 0 Å². The maximum absolute atomic E-state index is 5.75. The Hall–Kier alpha value is -0.560. The zero-order chi connectivity index (χ0) is 8.53. The molecule has 0 rings (SSSR count). The van der Waals surface area contributed by atoms with Gasteiger partial charge in [-0.05, 0) is 26.2 Å². The van der Waals surface area contributed by atoms with E-state index in [1.54, 1.807) is 0 Å². The highest BCUT2D eigenvalue weighted by Gasteiger charge is 1.92. The molecule has 1 heteroatoms. The van der Waals surface area contributed by atoms with Crippen molar-refractivity contribution in [3.63, 3.8) is 0 Å². The first-order valence-corrected chi connectivity index (χ1v) is 4.34. The molecule has 0 aromatic carbocycles. The van der Waals surface area contributed by atoms with Gasteiger partial charge in [-0.3, -0.25) is 0 Å². The van der Waals surface area contributed by atoms with Crippen LogP contribution in [-0.2, 0) is 0 Å². The first-order valence-electron chi connectivity index (χ1n) is 4.34. The second-order valence-corrected chi connectivity index (χ2v) is 2.65. The van der Waals surface area contributed by atoms with Crippen LogP contribution in [0.1, 0.15) is 33.1 Å². The van der Waals surface area contributed by atoms with Gasteiger partial charge in [0, 0.05) is 6.04 Å². The minimum atomic E-state index is 0.238. The molecule has 0 heterocycles. The first-order chi connectivity index (χ1) is 5.31. The van der Waals surface area contributed by atoms with E-state index in [9.17, 15) is 0 Å². The van der Waals surface area contributed by atoms with Crippen molar-refractivity contribution in [1.29, 1.82) is 0 Å². The van der Waals surface area contributed by atoms with Gasteiger partial charge in [-0.1, -0.05) is 31.2 Å². The monoisotopic (exact) mass is 153 g/mol. The molecule has 0 aliphatic heterocycles. The van der Waals surface area contributed by atoms with Gasteiger partial charge in [0.05, 0.1) is 0 Å². The van der Waals surface area contributed by atoms with Crippen molar-refractivity contribution in [3.05, 3.63) is 24.3 Å². The van der Waals surface area contributed by atoms with E-state index in [1.807, 2.05) is 19.1 Å². The van der Waals surface area contributed by atoms with Crippen LogP contribution in [0.15, 0.2) is 24.3 Å². The van der Waals surface area contributed by atoms with Gasteiger partial charge in [0.25, 0.3) is 0 Å². The lowest BCUT2D eigenvalue weighted by Crippen LogP contribution is -2.15. The molecule has 11 heavy (non-hydrogen) atoms. The second-order valence-electron chi connectivity index (χ2n) is 2.65. The molecule has 1 unspecified atom stereocenters. The van der Waals surface area contributed by atoms with Gasteiger partial charge in [-0.15, -0.1) is 0 Å². The third-order valence-corrected chi connectivity index (χ3v) is 1.51. The Morgan fingerprint density at radius 1 is 1.36 bits per heavy atom. The predicted octanol–water partition coefficient (Wildman–Crippen LogP) is 2.64. The van der Waals surface area contributed by atoms with E-state index in [1.165, 1.54) is 0 Å². The number of rotatable bonds is 5. The van der Waals surface area contributed by atoms with Gasteiger partial charge in [0.2, 0.25) is 0 Å². The van der Waals surface area contributed by atoms with Crippen LogP contribution in [0.2, 0.25) is 0 Å². The normalized spacial score (nSPS) is 14.8. The van der Waals surface area contributed by atoms with Gasteiger partial charge in [-0.25, -0.2) is 0 Å². The number of hydrogen-bond acceptors (Lipinski definition) is 1. The van der Waals surface area contributed by atoms with Crippen LogP contribution in [0, 0.1) is 0 Å². The van der Waals surface area contributed by atoms with Gasteiger partial charge >= 0.3 is 0 Å². The van der Waals surface area contributed by atoms with Crippen LogP contribution < -0.4 is 5.73 Å². The van der Waals surface area contributed by atoms with E-state index >= 15 is 0 Å². The standard InChI is InChI=1S/C10H19N/c1-3-5-6-7-9-10(11)8-4-2/h4-6,8,10H,3,7,9,11H2,1-2H3/b6-5+,8-4-. The van der Waals surface area contributed by atoms with Gasteiger partial charge in [-0.2, -0.15) is 0 Å². The van der Waals surface area contributed by atoms with E-state index in [0.29, 0.717) is 0 Å². The Labute approximate surface area is 70.0 Å². The predicted molar refractivity (Wildman–Crippen MR) is 51.5 cm³/mol. The Kier molecular flexibility index (Phi) is 7.16. The minimum absolute atomic E-state index is 0.238. The number of hydrogen-bond donors (Lipinski definition) is 1. The largest absolute Gasteiger partial charge is 0.324 e. The van der Waals surface area contributed by atoms with Crippen molar-refractivity contribution >= 4 is 0 Å². The summed E-state index contributed by atoms with van der Waals surface area (Å²) in [5.74, 6) is 0. The van der Waals surface area contributed by atoms with E-state index in [-0.39, 0.29) is 6.04 Å². The van der Waals surface area contributed by atoms with Crippen LogP contribution in [0.5, 0.6) is 0 Å². The maximum Gasteiger partial charge on any atom is 0.0226 e. The smallest absolute Gasteiger partial charge is 0.0226 e. The summed E-state index contributed by atoms with van der Waals surface area (Å²) in [5.41, 5.74) is 5.75. The zero-order valence-corrected chi connectivity index (χ0v) is 7.59. The first kappa shape index (κ1) is 10.4. The van der Waals surface area contributed by atoms with Crippen molar-refractivity contribution in [2.45, 2.75) is 39.2 Å². The Bertz CT molecular complexity index is 125. The van der Waals surface area contributed by atoms with E-state index in [2.05, 4.69) is 19.1 Å². The highest BCUT2D eigenvalue weighted by Crippen LogP contribution is 1.97. The lowest BCUT2D eigenvalue weighted by atomic mass is 10.1. The van der Waals surface area contributed by atoms with Crippen LogP contribution >= 0.6 is 0 Å². The van der Waals surface area contributed by atoms with E-state index < -0.39 is 0 Å². The van der Waals surface area contributed by atoms with Gasteiger partial charge < -0.3 is 5.73 Å². The molecule has 0 aromatic heterocycles. The molecule has 0 saturated heterocycles. The average Bonchev–Trinajstić information content (AvgIpc) is 1.99. The summed E-state index contributed by atoms with van der Waals surface area (Å²) < 4.78 is 0. The lowest BCUT2D eigenvalue weighted by molar-refractivity contribution is 0.732. The third-order valence-electron chi connectivity index (χ3n) is 1.51. The molecule has 0 saturated carbocycles. The summed E-state index contributed by atoms with van der Waals surface area (Å²) in [6.45, 7) is 4.14. The molecule has 0 radical (unpaired) electrons. The third kappa shape index (κ3) is 7.34. The molecule has 1 nitrogen and oxygen atoms in total. The van der Waals surface area contributed by atoms with Crippen LogP contribution in [-0.4, -0.2) is 6.04 Å². The summed E-state index contributed by atoms with van der Waals surface area (Å²) in [5, 5.41) is 0. The van der Waals surface area contributed by atoms with Gasteiger partial charge in [0.1, 0.15) is 0 Å². The van der Waals surface area contributed by atoms with Crippen molar-refractivity contribution < 1.29 is 0 Å². The molecule has 0 amide bonds. The Balaban J connectivity index is 3.30. The lowest BCUT2D eigenvalue weighted by Gasteiger charge is -2.01. The molecule has 0 bridgehead atoms. The maximum atomic E-state index is 5.75.